The van der Waals surface area contributed by atoms with E-state index in [1.54, 1.807) is 0 Å². The Morgan fingerprint density at radius 2 is 1.45 bits per heavy atom. The zero-order valence-electron chi connectivity index (χ0n) is 17.3. The summed E-state index contributed by atoms with van der Waals surface area (Å²) in [5.41, 5.74) is 0.891. The molecule has 7 heteroatoms. The Morgan fingerprint density at radius 3 is 2.00 bits per heavy atom. The molecule has 3 N–H and O–H groups in total. The highest BCUT2D eigenvalue weighted by atomic mass is 16.5. The zero-order chi connectivity index (χ0) is 21.7. The van der Waals surface area contributed by atoms with E-state index in [2.05, 4.69) is 39.6 Å². The Hall–Kier alpha value is -3.45. The second-order valence-electron chi connectivity index (χ2n) is 5.52. The van der Waals surface area contributed by atoms with Gasteiger partial charge in [-0.3, -0.25) is 9.59 Å². The van der Waals surface area contributed by atoms with Crippen molar-refractivity contribution in [2.75, 3.05) is 19.6 Å². The van der Waals surface area contributed by atoms with Crippen LogP contribution in [0.4, 0.5) is 4.79 Å². The van der Waals surface area contributed by atoms with Gasteiger partial charge in [-0.2, -0.15) is 0 Å². The molecule has 0 fully saturated rings. The molecule has 7 nitrogen and oxygen atoms in total. The number of carbonyl (C=O) groups is 3. The van der Waals surface area contributed by atoms with Gasteiger partial charge in [-0.15, -0.1) is 11.8 Å². The summed E-state index contributed by atoms with van der Waals surface area (Å²) in [7, 11) is 0. The van der Waals surface area contributed by atoms with Gasteiger partial charge in [-0.1, -0.05) is 56.0 Å². The molecule has 1 aromatic rings. The molecule has 29 heavy (non-hydrogen) atoms. The van der Waals surface area contributed by atoms with Crippen molar-refractivity contribution in [1.29, 1.82) is 0 Å². The third-order valence-corrected chi connectivity index (χ3v) is 3.01. The smallest absolute Gasteiger partial charge is 0.407 e. The van der Waals surface area contributed by atoms with Crippen molar-refractivity contribution >= 4 is 17.9 Å². The predicted molar refractivity (Wildman–Crippen MR) is 112 cm³/mol. The van der Waals surface area contributed by atoms with Crippen LogP contribution in [-0.2, 0) is 20.9 Å². The molecule has 0 spiro atoms. The second kappa shape index (κ2) is 17.9. The lowest BCUT2D eigenvalue weighted by Crippen LogP contribution is -2.37. The summed E-state index contributed by atoms with van der Waals surface area (Å²) < 4.78 is 4.96. The number of amides is 3. The van der Waals surface area contributed by atoms with Crippen molar-refractivity contribution in [3.63, 3.8) is 0 Å². The molecule has 0 heterocycles. The Balaban J connectivity index is 0.000000734. The van der Waals surface area contributed by atoms with Gasteiger partial charge in [0.25, 0.3) is 0 Å². The van der Waals surface area contributed by atoms with E-state index in [9.17, 15) is 14.4 Å². The summed E-state index contributed by atoms with van der Waals surface area (Å²) in [6, 6.07) is 9.32. The lowest BCUT2D eigenvalue weighted by Gasteiger charge is -2.06. The Bertz CT molecular complexity index is 740. The number of ether oxygens (including phenoxy) is 1. The van der Waals surface area contributed by atoms with Crippen molar-refractivity contribution in [1.82, 2.24) is 16.0 Å². The number of carbonyl (C=O) groups excluding carboxylic acids is 3. The average molecular weight is 399 g/mol. The highest BCUT2D eigenvalue weighted by molar-refractivity contribution is 5.82. The van der Waals surface area contributed by atoms with Gasteiger partial charge >= 0.3 is 6.09 Å². The summed E-state index contributed by atoms with van der Waals surface area (Å²) in [4.78, 5) is 32.9. The summed E-state index contributed by atoms with van der Waals surface area (Å²) >= 11 is 0. The van der Waals surface area contributed by atoms with Crippen LogP contribution in [0.15, 0.2) is 30.3 Å². The van der Waals surface area contributed by atoms with Crippen LogP contribution in [0.5, 0.6) is 0 Å². The van der Waals surface area contributed by atoms with Crippen LogP contribution < -0.4 is 16.0 Å². The molecule has 156 valence electrons. The third-order valence-electron chi connectivity index (χ3n) is 3.01. The first-order chi connectivity index (χ1) is 14.0. The first kappa shape index (κ1) is 25.6. The fourth-order valence-corrected chi connectivity index (χ4v) is 1.68. The Kier molecular flexibility index (Phi) is 15.8. The molecule has 0 radical (unpaired) electrons. The minimum Gasteiger partial charge on any atom is -0.445 e. The molecule has 0 aliphatic carbocycles. The van der Waals surface area contributed by atoms with E-state index in [1.807, 2.05) is 44.2 Å². The number of hydrogen-bond donors (Lipinski definition) is 3. The van der Waals surface area contributed by atoms with Crippen molar-refractivity contribution in [3.8, 4) is 23.7 Å². The molecule has 0 bridgehead atoms. The quantitative estimate of drug-likeness (QED) is 0.637. The molecule has 0 aromatic heterocycles. The number of benzene rings is 1. The van der Waals surface area contributed by atoms with Crippen LogP contribution in [0.1, 0.15) is 39.2 Å². The summed E-state index contributed by atoms with van der Waals surface area (Å²) in [6.07, 6.45) is 0.975. The monoisotopic (exact) mass is 399 g/mol. The van der Waals surface area contributed by atoms with Crippen LogP contribution in [0.3, 0.4) is 0 Å². The van der Waals surface area contributed by atoms with E-state index < -0.39 is 6.09 Å². The maximum atomic E-state index is 11.4. The van der Waals surface area contributed by atoms with Gasteiger partial charge in [0.1, 0.15) is 13.2 Å². The van der Waals surface area contributed by atoms with Crippen LogP contribution in [0.25, 0.3) is 0 Å². The number of nitrogens with one attached hydrogen (secondary N) is 3. The van der Waals surface area contributed by atoms with Crippen molar-refractivity contribution in [3.05, 3.63) is 35.9 Å². The normalized spacial score (nSPS) is 8.52. The van der Waals surface area contributed by atoms with Gasteiger partial charge < -0.3 is 20.7 Å². The van der Waals surface area contributed by atoms with Crippen molar-refractivity contribution in [2.24, 2.45) is 0 Å². The molecule has 3 amide bonds. The molecule has 0 atom stereocenters. The second-order valence-corrected chi connectivity index (χ2v) is 5.52. The van der Waals surface area contributed by atoms with Gasteiger partial charge in [0.15, 0.2) is 0 Å². The highest BCUT2D eigenvalue weighted by Gasteiger charge is 2.05. The molecular formula is C22H29N3O4. The van der Waals surface area contributed by atoms with E-state index in [0.717, 1.165) is 18.4 Å². The highest BCUT2D eigenvalue weighted by Crippen LogP contribution is 2.00. The molecule has 1 rings (SSSR count). The third kappa shape index (κ3) is 17.7. The Morgan fingerprint density at radius 1 is 0.862 bits per heavy atom. The molecule has 0 aliphatic heterocycles. The average Bonchev–Trinajstić information content (AvgIpc) is 2.72. The first-order valence-electron chi connectivity index (χ1n) is 9.36. The topological polar surface area (TPSA) is 96.5 Å². The van der Waals surface area contributed by atoms with Gasteiger partial charge in [-0.05, 0) is 5.56 Å². The van der Waals surface area contributed by atoms with E-state index in [0.29, 0.717) is 6.54 Å². The molecule has 0 saturated heterocycles. The first-order valence-corrected chi connectivity index (χ1v) is 9.36. The maximum absolute atomic E-state index is 11.4. The minimum absolute atomic E-state index is 0.0274. The van der Waals surface area contributed by atoms with Crippen LogP contribution in [0, 0.1) is 23.7 Å². The summed E-state index contributed by atoms with van der Waals surface area (Å²) in [5.74, 6) is 10.9. The van der Waals surface area contributed by atoms with E-state index in [4.69, 9.17) is 4.74 Å². The number of hydrogen-bond acceptors (Lipinski definition) is 4. The Labute approximate surface area is 173 Å². The lowest BCUT2D eigenvalue weighted by atomic mass is 10.2. The van der Waals surface area contributed by atoms with Gasteiger partial charge in [0.05, 0.1) is 13.1 Å². The van der Waals surface area contributed by atoms with E-state index in [1.165, 1.54) is 6.92 Å². The van der Waals surface area contributed by atoms with Gasteiger partial charge in [-0.25, -0.2) is 4.79 Å². The lowest BCUT2D eigenvalue weighted by molar-refractivity contribution is -0.120. The SMILES string of the molecule is CCC#CCNC(=O)CNC(=O)OCc1ccccc1.CCC#CCNC(C)=O. The van der Waals surface area contributed by atoms with Crippen LogP contribution >= 0.6 is 0 Å². The zero-order valence-corrected chi connectivity index (χ0v) is 17.3. The summed E-state index contributed by atoms with van der Waals surface area (Å²) in [5, 5.41) is 7.50. The van der Waals surface area contributed by atoms with E-state index in [-0.39, 0.29) is 31.5 Å². The van der Waals surface area contributed by atoms with Crippen LogP contribution in [-0.4, -0.2) is 37.5 Å². The summed E-state index contributed by atoms with van der Waals surface area (Å²) in [6.45, 7) is 6.20. The maximum Gasteiger partial charge on any atom is 0.407 e. The van der Waals surface area contributed by atoms with Crippen LogP contribution in [0.2, 0.25) is 0 Å². The fraction of sp³-hybridized carbons (Fsp3) is 0.409. The molecule has 0 saturated carbocycles. The molecule has 1 aromatic carbocycles. The standard InChI is InChI=1S/C15H18N2O3.C7H11NO/c1-2-3-7-10-16-14(18)11-17-15(19)20-12-13-8-5-4-6-9-13;1-3-4-5-6-8-7(2)9/h4-6,8-9H,2,10-12H2,1H3,(H,16,18)(H,17,19);3,6H2,1-2H3,(H,8,9). The van der Waals surface area contributed by atoms with Crippen molar-refractivity contribution in [2.45, 2.75) is 40.2 Å². The van der Waals surface area contributed by atoms with Crippen molar-refractivity contribution < 1.29 is 19.1 Å². The minimum atomic E-state index is -0.622. The number of alkyl carbamates (subject to hydrolysis) is 1. The fourth-order valence-electron chi connectivity index (χ4n) is 1.68. The van der Waals surface area contributed by atoms with Gasteiger partial charge in [0, 0.05) is 19.8 Å². The predicted octanol–water partition coefficient (Wildman–Crippen LogP) is 1.98. The van der Waals surface area contributed by atoms with Gasteiger partial charge in [0.2, 0.25) is 11.8 Å². The van der Waals surface area contributed by atoms with E-state index >= 15 is 0 Å². The molecule has 0 aliphatic rings. The molecular weight excluding hydrogens is 370 g/mol. The number of rotatable bonds is 6. The molecule has 0 unspecified atom stereocenters. The largest absolute Gasteiger partial charge is 0.445 e.